The summed E-state index contributed by atoms with van der Waals surface area (Å²) < 4.78 is 23.2. The van der Waals surface area contributed by atoms with Gasteiger partial charge in [0.05, 0.1) is 19.2 Å². The lowest BCUT2D eigenvalue weighted by molar-refractivity contribution is -0.150. The number of anilines is 1. The lowest BCUT2D eigenvalue weighted by Gasteiger charge is -2.17. The molecule has 212 valence electrons. The van der Waals surface area contributed by atoms with Gasteiger partial charge in [-0.1, -0.05) is 18.2 Å². The zero-order valence-electron chi connectivity index (χ0n) is 22.9. The van der Waals surface area contributed by atoms with Crippen LogP contribution in [0.1, 0.15) is 42.5 Å². The Morgan fingerprint density at radius 2 is 1.73 bits per heavy atom. The number of ether oxygens (including phenoxy) is 4. The number of hydrogen-bond donors (Lipinski definition) is 2. The maximum atomic E-state index is 12.4. The molecule has 3 aromatic carbocycles. The Kier molecular flexibility index (Phi) is 8.95. The van der Waals surface area contributed by atoms with Gasteiger partial charge in [-0.15, -0.1) is 0 Å². The third-order valence-electron chi connectivity index (χ3n) is 6.94. The fourth-order valence-electron chi connectivity index (χ4n) is 4.69. The lowest BCUT2D eigenvalue weighted by Crippen LogP contribution is -2.35. The second-order valence-corrected chi connectivity index (χ2v) is 9.86. The third-order valence-corrected chi connectivity index (χ3v) is 6.94. The highest BCUT2D eigenvalue weighted by Crippen LogP contribution is 2.37. The molecular formula is C32H33N3O6. The SMILES string of the molecule is COc1cc2c(Oc3ccc(NC(=O)c4ccccc4)cc3)ccnc2cc1OCCC(N)C(=O)OC1CCCC1. The fraction of sp³-hybridized carbons (Fsp3) is 0.281. The van der Waals surface area contributed by atoms with Crippen LogP contribution >= 0.6 is 0 Å². The second kappa shape index (κ2) is 13.1. The van der Waals surface area contributed by atoms with Crippen LogP contribution in [0.4, 0.5) is 5.69 Å². The number of nitrogens with two attached hydrogens (primary N) is 1. The molecule has 1 amide bonds. The van der Waals surface area contributed by atoms with Crippen molar-refractivity contribution in [2.45, 2.75) is 44.2 Å². The zero-order chi connectivity index (χ0) is 28.6. The summed E-state index contributed by atoms with van der Waals surface area (Å²) in [6.07, 6.45) is 5.92. The molecule has 1 atom stereocenters. The van der Waals surface area contributed by atoms with Gasteiger partial charge >= 0.3 is 5.97 Å². The molecule has 1 fully saturated rings. The molecule has 41 heavy (non-hydrogen) atoms. The molecule has 5 rings (SSSR count). The molecule has 1 heterocycles. The highest BCUT2D eigenvalue weighted by atomic mass is 16.5. The average Bonchev–Trinajstić information content (AvgIpc) is 3.51. The van der Waals surface area contributed by atoms with E-state index in [1.165, 1.54) is 0 Å². The quantitative estimate of drug-likeness (QED) is 0.220. The Morgan fingerprint density at radius 3 is 2.46 bits per heavy atom. The minimum absolute atomic E-state index is 0.0176. The van der Waals surface area contributed by atoms with Crippen LogP contribution in [-0.2, 0) is 9.53 Å². The number of esters is 1. The van der Waals surface area contributed by atoms with Crippen LogP contribution in [0.25, 0.3) is 10.9 Å². The van der Waals surface area contributed by atoms with E-state index < -0.39 is 6.04 Å². The van der Waals surface area contributed by atoms with Crippen molar-refractivity contribution in [1.82, 2.24) is 4.98 Å². The van der Waals surface area contributed by atoms with Gasteiger partial charge in [-0.3, -0.25) is 14.6 Å². The van der Waals surface area contributed by atoms with Crippen LogP contribution in [0.15, 0.2) is 79.0 Å². The third kappa shape index (κ3) is 7.12. The van der Waals surface area contributed by atoms with E-state index in [2.05, 4.69) is 10.3 Å². The summed E-state index contributed by atoms with van der Waals surface area (Å²) in [5, 5.41) is 3.61. The van der Waals surface area contributed by atoms with Crippen LogP contribution in [0.3, 0.4) is 0 Å². The van der Waals surface area contributed by atoms with Crippen LogP contribution < -0.4 is 25.3 Å². The Bertz CT molecular complexity index is 1490. The molecule has 0 bridgehead atoms. The normalized spacial score (nSPS) is 13.9. The van der Waals surface area contributed by atoms with Crippen molar-refractivity contribution in [3.8, 4) is 23.0 Å². The predicted molar refractivity (Wildman–Crippen MR) is 156 cm³/mol. The summed E-state index contributed by atoms with van der Waals surface area (Å²) in [5.74, 6) is 1.58. The van der Waals surface area contributed by atoms with Gasteiger partial charge in [0, 0.05) is 35.3 Å². The molecule has 1 aliphatic rings. The maximum absolute atomic E-state index is 12.4. The molecule has 1 saturated carbocycles. The molecular weight excluding hydrogens is 522 g/mol. The first kappa shape index (κ1) is 27.9. The van der Waals surface area contributed by atoms with E-state index in [1.54, 1.807) is 67.9 Å². The second-order valence-electron chi connectivity index (χ2n) is 9.86. The number of nitrogens with zero attached hydrogens (tertiary/aromatic N) is 1. The minimum atomic E-state index is -0.752. The molecule has 3 N–H and O–H groups in total. The summed E-state index contributed by atoms with van der Waals surface area (Å²) in [6, 6.07) is 20.7. The molecule has 1 unspecified atom stereocenters. The van der Waals surface area contributed by atoms with Crippen molar-refractivity contribution in [3.05, 3.63) is 84.6 Å². The number of rotatable bonds is 11. The number of fused-ring (bicyclic) bond motifs is 1. The summed E-state index contributed by atoms with van der Waals surface area (Å²) >= 11 is 0. The first-order chi connectivity index (χ1) is 20.0. The van der Waals surface area contributed by atoms with Gasteiger partial charge in [0.25, 0.3) is 5.91 Å². The van der Waals surface area contributed by atoms with Gasteiger partial charge < -0.3 is 30.0 Å². The molecule has 0 aliphatic heterocycles. The van der Waals surface area contributed by atoms with E-state index in [4.69, 9.17) is 24.7 Å². The number of benzene rings is 3. The van der Waals surface area contributed by atoms with Gasteiger partial charge in [-0.05, 0) is 74.2 Å². The first-order valence-corrected chi connectivity index (χ1v) is 13.7. The van der Waals surface area contributed by atoms with Crippen LogP contribution in [-0.4, -0.2) is 42.7 Å². The number of hydrogen-bond acceptors (Lipinski definition) is 8. The van der Waals surface area contributed by atoms with E-state index >= 15 is 0 Å². The number of aromatic nitrogens is 1. The number of carbonyl (C=O) groups is 2. The van der Waals surface area contributed by atoms with Crippen molar-refractivity contribution >= 4 is 28.5 Å². The van der Waals surface area contributed by atoms with Crippen molar-refractivity contribution in [3.63, 3.8) is 0 Å². The largest absolute Gasteiger partial charge is 0.493 e. The van der Waals surface area contributed by atoms with Gasteiger partial charge in [-0.2, -0.15) is 0 Å². The molecule has 1 aliphatic carbocycles. The average molecular weight is 556 g/mol. The van der Waals surface area contributed by atoms with Crippen molar-refractivity contribution in [2.24, 2.45) is 5.73 Å². The molecule has 9 nitrogen and oxygen atoms in total. The Balaban J connectivity index is 1.22. The van der Waals surface area contributed by atoms with Gasteiger partial charge in [-0.25, -0.2) is 0 Å². The zero-order valence-corrected chi connectivity index (χ0v) is 22.9. The smallest absolute Gasteiger partial charge is 0.323 e. The van der Waals surface area contributed by atoms with E-state index in [0.29, 0.717) is 46.2 Å². The summed E-state index contributed by atoms with van der Waals surface area (Å²) in [5.41, 5.74) is 7.92. The van der Waals surface area contributed by atoms with Gasteiger partial charge in [0.2, 0.25) is 0 Å². The molecule has 0 saturated heterocycles. The molecule has 9 heteroatoms. The number of amides is 1. The van der Waals surface area contributed by atoms with E-state index in [0.717, 1.165) is 31.1 Å². The molecule has 4 aromatic rings. The summed E-state index contributed by atoms with van der Waals surface area (Å²) in [4.78, 5) is 29.2. The first-order valence-electron chi connectivity index (χ1n) is 13.7. The van der Waals surface area contributed by atoms with Crippen LogP contribution in [0.2, 0.25) is 0 Å². The van der Waals surface area contributed by atoms with E-state index in [9.17, 15) is 9.59 Å². The number of methoxy groups -OCH3 is 1. The minimum Gasteiger partial charge on any atom is -0.493 e. The van der Waals surface area contributed by atoms with Gasteiger partial charge in [0.15, 0.2) is 11.5 Å². The fourth-order valence-corrected chi connectivity index (χ4v) is 4.69. The van der Waals surface area contributed by atoms with Crippen molar-refractivity contribution in [2.75, 3.05) is 19.0 Å². The standard InChI is InChI=1S/C32H33N3O6/c1-38-29-19-25-27(20-30(29)39-18-16-26(33)32(37)41-23-9-5-6-10-23)34-17-15-28(25)40-24-13-11-22(12-14-24)35-31(36)21-7-3-2-4-8-21/h2-4,7-8,11-15,17,19-20,23,26H,5-6,9-10,16,18,33H2,1H3,(H,35,36). The number of pyridine rings is 1. The highest BCUT2D eigenvalue weighted by molar-refractivity contribution is 6.04. The van der Waals surface area contributed by atoms with E-state index in [1.807, 2.05) is 18.2 Å². The van der Waals surface area contributed by atoms with Crippen LogP contribution in [0.5, 0.6) is 23.0 Å². The highest BCUT2D eigenvalue weighted by Gasteiger charge is 2.23. The Hall–Kier alpha value is -4.63. The number of nitrogens with one attached hydrogen (secondary N) is 1. The van der Waals surface area contributed by atoms with Gasteiger partial charge in [0.1, 0.15) is 23.6 Å². The van der Waals surface area contributed by atoms with E-state index in [-0.39, 0.29) is 24.6 Å². The number of carbonyl (C=O) groups excluding carboxylic acids is 2. The van der Waals surface area contributed by atoms with Crippen molar-refractivity contribution < 1.29 is 28.5 Å². The maximum Gasteiger partial charge on any atom is 0.323 e. The molecule has 1 aromatic heterocycles. The Labute approximate surface area is 238 Å². The molecule has 0 radical (unpaired) electrons. The Morgan fingerprint density at radius 1 is 0.976 bits per heavy atom. The lowest BCUT2D eigenvalue weighted by atomic mass is 10.1. The molecule has 0 spiro atoms. The predicted octanol–water partition coefficient (Wildman–Crippen LogP) is 5.87. The topological polar surface area (TPSA) is 122 Å². The summed E-state index contributed by atoms with van der Waals surface area (Å²) in [6.45, 7) is 0.214. The summed E-state index contributed by atoms with van der Waals surface area (Å²) in [7, 11) is 1.55. The monoisotopic (exact) mass is 555 g/mol. The van der Waals surface area contributed by atoms with Crippen molar-refractivity contribution in [1.29, 1.82) is 0 Å². The van der Waals surface area contributed by atoms with Crippen LogP contribution in [0, 0.1) is 0 Å².